The molecule has 3 aliphatic heterocycles. The monoisotopic (exact) mass is 808 g/mol. The van der Waals surface area contributed by atoms with E-state index in [0.717, 1.165) is 72.2 Å². The van der Waals surface area contributed by atoms with E-state index in [9.17, 15) is 0 Å². The lowest BCUT2D eigenvalue weighted by Gasteiger charge is -2.48. The van der Waals surface area contributed by atoms with Gasteiger partial charge in [-0.25, -0.2) is 0 Å². The number of nitrogens with zero attached hydrogens (tertiary/aromatic N) is 2. The third-order valence-electron chi connectivity index (χ3n) is 14.4. The standard InChI is InChI=1S/C56H49BN2O3/c1-55(2,3)37-22-12-14-24-39(37)58-41-28-33(32-18-8-7-9-19-32)29-42-49(41)57-50-43(58)31-46-48(35-21-11-17-27-45(35)60-46)54(50)62-47-30-36-34-20-10-16-26-44(34)61-53(36)52(51(47)57)59(42)40-25-15-13-23-38(40)56(4,5)6/h10-17,20-32H,7-9,18-19H2,1-6H3. The number of benzene rings is 7. The predicted octanol–water partition coefficient (Wildman–Crippen LogP) is 14.3. The van der Waals surface area contributed by atoms with E-state index in [1.54, 1.807) is 0 Å². The molecular weight excluding hydrogens is 759 g/mol. The van der Waals surface area contributed by atoms with Gasteiger partial charge in [-0.1, -0.05) is 134 Å². The maximum atomic E-state index is 7.58. The highest BCUT2D eigenvalue weighted by Gasteiger charge is 2.52. The Morgan fingerprint density at radius 2 is 1.10 bits per heavy atom. The van der Waals surface area contributed by atoms with E-state index in [4.69, 9.17) is 13.6 Å². The van der Waals surface area contributed by atoms with E-state index >= 15 is 0 Å². The second-order valence-electron chi connectivity index (χ2n) is 20.3. The van der Waals surface area contributed by atoms with E-state index < -0.39 is 0 Å². The first-order valence-electron chi connectivity index (χ1n) is 22.7. The summed E-state index contributed by atoms with van der Waals surface area (Å²) in [7, 11) is 0. The van der Waals surface area contributed by atoms with Gasteiger partial charge in [-0.2, -0.15) is 0 Å². The molecular formula is C56H49BN2O3. The van der Waals surface area contributed by atoms with E-state index in [2.05, 4.69) is 173 Å². The minimum Gasteiger partial charge on any atom is -0.457 e. The van der Waals surface area contributed by atoms with Gasteiger partial charge in [0, 0.05) is 56.1 Å². The van der Waals surface area contributed by atoms with Crippen molar-refractivity contribution in [1.29, 1.82) is 0 Å². The molecule has 5 nitrogen and oxygen atoms in total. The molecule has 0 radical (unpaired) electrons. The molecule has 5 heterocycles. The minimum atomic E-state index is -0.141. The van der Waals surface area contributed by atoms with Crippen LogP contribution in [0.25, 0.3) is 43.9 Å². The molecule has 4 aliphatic rings. The smallest absolute Gasteiger partial charge is 0.262 e. The molecule has 7 aromatic carbocycles. The number of rotatable bonds is 3. The Morgan fingerprint density at radius 3 is 1.79 bits per heavy atom. The number of anilines is 6. The van der Waals surface area contributed by atoms with Gasteiger partial charge in [0.1, 0.15) is 28.2 Å². The molecule has 13 rings (SSSR count). The molecule has 304 valence electrons. The van der Waals surface area contributed by atoms with Gasteiger partial charge in [-0.15, -0.1) is 0 Å². The molecule has 0 bridgehead atoms. The van der Waals surface area contributed by atoms with Crippen LogP contribution in [-0.2, 0) is 10.8 Å². The van der Waals surface area contributed by atoms with Gasteiger partial charge in [-0.3, -0.25) is 0 Å². The first-order valence-corrected chi connectivity index (χ1v) is 22.7. The normalized spacial score (nSPS) is 15.9. The van der Waals surface area contributed by atoms with Crippen LogP contribution in [0.4, 0.5) is 34.1 Å². The van der Waals surface area contributed by atoms with Crippen molar-refractivity contribution >= 4 is 101 Å². The summed E-state index contributed by atoms with van der Waals surface area (Å²) in [6, 6.07) is 44.7. The molecule has 9 aromatic rings. The van der Waals surface area contributed by atoms with Crippen molar-refractivity contribution in [2.45, 2.75) is 90.4 Å². The Bertz CT molecular complexity index is 3370. The van der Waals surface area contributed by atoms with Crippen molar-refractivity contribution in [1.82, 2.24) is 0 Å². The summed E-state index contributed by atoms with van der Waals surface area (Å²) < 4.78 is 21.6. The molecule has 0 saturated heterocycles. The van der Waals surface area contributed by atoms with Crippen molar-refractivity contribution < 1.29 is 13.6 Å². The average molecular weight is 809 g/mol. The minimum absolute atomic E-state index is 0.126. The lowest BCUT2D eigenvalue weighted by molar-refractivity contribution is 0.444. The van der Waals surface area contributed by atoms with Crippen molar-refractivity contribution in [3.05, 3.63) is 138 Å². The SMILES string of the molecule is CC(C)(C)c1ccccc1N1c2cc(C3CCCCC3)cc3c2B2c4c(cc5c(oc6ccccc65)c4N3c3ccccc3C(C)(C)C)Oc3c2c1cc1oc2ccccc2c31. The number of hydrogen-bond donors (Lipinski definition) is 0. The molecule has 0 atom stereocenters. The lowest BCUT2D eigenvalue weighted by atomic mass is 9.32. The average Bonchev–Trinajstić information content (AvgIpc) is 3.84. The Hall–Kier alpha value is -6.40. The van der Waals surface area contributed by atoms with Gasteiger partial charge in [0.2, 0.25) is 0 Å². The van der Waals surface area contributed by atoms with Crippen LogP contribution in [-0.4, -0.2) is 6.71 Å². The Balaban J connectivity index is 1.25. The number of furan rings is 2. The van der Waals surface area contributed by atoms with Crippen molar-refractivity contribution in [2.75, 3.05) is 9.80 Å². The fraction of sp³-hybridized carbons (Fsp3) is 0.250. The van der Waals surface area contributed by atoms with Gasteiger partial charge < -0.3 is 23.4 Å². The Morgan fingerprint density at radius 1 is 0.516 bits per heavy atom. The highest BCUT2D eigenvalue weighted by atomic mass is 16.5. The maximum Gasteiger partial charge on any atom is 0.262 e. The molecule has 0 amide bonds. The zero-order valence-corrected chi connectivity index (χ0v) is 36.4. The topological polar surface area (TPSA) is 42.0 Å². The highest BCUT2D eigenvalue weighted by Crippen LogP contribution is 2.56. The van der Waals surface area contributed by atoms with Crippen LogP contribution >= 0.6 is 0 Å². The molecule has 6 heteroatoms. The molecule has 62 heavy (non-hydrogen) atoms. The predicted molar refractivity (Wildman–Crippen MR) is 258 cm³/mol. The van der Waals surface area contributed by atoms with Gasteiger partial charge in [0.05, 0.1) is 11.1 Å². The van der Waals surface area contributed by atoms with E-state index in [0.29, 0.717) is 5.92 Å². The molecule has 0 N–H and O–H groups in total. The van der Waals surface area contributed by atoms with Crippen LogP contribution in [0, 0.1) is 0 Å². The first-order chi connectivity index (χ1) is 30.0. The lowest BCUT2D eigenvalue weighted by Crippen LogP contribution is -2.63. The number of para-hydroxylation sites is 4. The van der Waals surface area contributed by atoms with Crippen LogP contribution in [0.5, 0.6) is 11.5 Å². The molecule has 0 unspecified atom stereocenters. The molecule has 1 aliphatic carbocycles. The maximum absolute atomic E-state index is 7.58. The van der Waals surface area contributed by atoms with Crippen LogP contribution in [0.3, 0.4) is 0 Å². The van der Waals surface area contributed by atoms with Crippen molar-refractivity contribution in [3.8, 4) is 11.5 Å². The number of hydrogen-bond acceptors (Lipinski definition) is 5. The second kappa shape index (κ2) is 12.6. The zero-order valence-electron chi connectivity index (χ0n) is 36.4. The fourth-order valence-electron chi connectivity index (χ4n) is 11.7. The second-order valence-corrected chi connectivity index (χ2v) is 20.3. The molecule has 1 fully saturated rings. The van der Waals surface area contributed by atoms with Crippen LogP contribution in [0.15, 0.2) is 130 Å². The van der Waals surface area contributed by atoms with Gasteiger partial charge in [0.15, 0.2) is 5.58 Å². The zero-order chi connectivity index (χ0) is 41.8. The quantitative estimate of drug-likeness (QED) is 0.166. The summed E-state index contributed by atoms with van der Waals surface area (Å²) in [5.41, 5.74) is 17.8. The van der Waals surface area contributed by atoms with Crippen molar-refractivity contribution in [2.24, 2.45) is 0 Å². The summed E-state index contributed by atoms with van der Waals surface area (Å²) in [5, 5.41) is 4.24. The summed E-state index contributed by atoms with van der Waals surface area (Å²) in [4.78, 5) is 5.17. The Labute approximate surface area is 363 Å². The third kappa shape index (κ3) is 4.92. The van der Waals surface area contributed by atoms with Gasteiger partial charge in [-0.05, 0) is 99.7 Å². The van der Waals surface area contributed by atoms with E-state index in [1.807, 2.05) is 0 Å². The summed E-state index contributed by atoms with van der Waals surface area (Å²) in [6.07, 6.45) is 6.21. The largest absolute Gasteiger partial charge is 0.457 e. The third-order valence-corrected chi connectivity index (χ3v) is 14.4. The summed E-state index contributed by atoms with van der Waals surface area (Å²) >= 11 is 0. The van der Waals surface area contributed by atoms with Gasteiger partial charge >= 0.3 is 0 Å². The van der Waals surface area contributed by atoms with E-state index in [-0.39, 0.29) is 17.5 Å². The van der Waals surface area contributed by atoms with Crippen molar-refractivity contribution in [3.63, 3.8) is 0 Å². The molecule has 1 saturated carbocycles. The summed E-state index contributed by atoms with van der Waals surface area (Å²) in [5.74, 6) is 2.22. The fourth-order valence-corrected chi connectivity index (χ4v) is 11.7. The number of ether oxygens (including phenoxy) is 1. The van der Waals surface area contributed by atoms with E-state index in [1.165, 1.54) is 82.5 Å². The van der Waals surface area contributed by atoms with Gasteiger partial charge in [0.25, 0.3) is 6.71 Å². The van der Waals surface area contributed by atoms with Crippen LogP contribution < -0.4 is 30.9 Å². The number of fused-ring (bicyclic) bond motifs is 8. The molecule has 2 aromatic heterocycles. The van der Waals surface area contributed by atoms with Crippen LogP contribution in [0.2, 0.25) is 0 Å². The summed E-state index contributed by atoms with van der Waals surface area (Å²) in [6.45, 7) is 13.9. The highest BCUT2D eigenvalue weighted by molar-refractivity contribution is 7.02. The first kappa shape index (κ1) is 36.3. The van der Waals surface area contributed by atoms with Crippen LogP contribution in [0.1, 0.15) is 96.3 Å². The Kier molecular flexibility index (Phi) is 7.37. The molecule has 0 spiro atoms.